The quantitative estimate of drug-likeness (QED) is 0.822. The summed E-state index contributed by atoms with van der Waals surface area (Å²) in [6.45, 7) is 0.450. The SMILES string of the molecule is CN(C)C(CNC(=O)Nc1cccc(S(C)(=O)=O)c1)c1cccs1. The number of carbonyl (C=O) groups is 1. The molecular formula is C16H21N3O3S2. The molecular weight excluding hydrogens is 346 g/mol. The molecule has 0 fully saturated rings. The minimum absolute atomic E-state index is 0.0816. The van der Waals surface area contributed by atoms with E-state index in [0.717, 1.165) is 6.26 Å². The molecule has 1 unspecified atom stereocenters. The first-order chi connectivity index (χ1) is 11.3. The number of hydrogen-bond donors (Lipinski definition) is 2. The fourth-order valence-electron chi connectivity index (χ4n) is 2.19. The van der Waals surface area contributed by atoms with E-state index in [2.05, 4.69) is 10.6 Å². The molecule has 2 aromatic rings. The molecule has 130 valence electrons. The molecule has 0 spiro atoms. The van der Waals surface area contributed by atoms with Gasteiger partial charge in [-0.3, -0.25) is 0 Å². The van der Waals surface area contributed by atoms with Crippen LogP contribution in [0.3, 0.4) is 0 Å². The van der Waals surface area contributed by atoms with E-state index in [1.165, 1.54) is 17.0 Å². The molecule has 0 saturated heterocycles. The molecule has 0 aliphatic heterocycles. The summed E-state index contributed by atoms with van der Waals surface area (Å²) in [6, 6.07) is 9.91. The third kappa shape index (κ3) is 5.05. The van der Waals surface area contributed by atoms with E-state index in [-0.39, 0.29) is 17.0 Å². The number of nitrogens with one attached hydrogen (secondary N) is 2. The van der Waals surface area contributed by atoms with Crippen molar-refractivity contribution >= 4 is 32.9 Å². The zero-order valence-electron chi connectivity index (χ0n) is 13.8. The molecule has 0 radical (unpaired) electrons. The molecule has 0 bridgehead atoms. The molecule has 2 N–H and O–H groups in total. The summed E-state index contributed by atoms with van der Waals surface area (Å²) in [5, 5.41) is 7.49. The number of carbonyl (C=O) groups excluding carboxylic acids is 1. The Morgan fingerprint density at radius 3 is 2.58 bits per heavy atom. The van der Waals surface area contributed by atoms with Crippen LogP contribution >= 0.6 is 11.3 Å². The van der Waals surface area contributed by atoms with Crippen LogP contribution in [0.2, 0.25) is 0 Å². The van der Waals surface area contributed by atoms with Crippen molar-refractivity contribution in [3.63, 3.8) is 0 Å². The lowest BCUT2D eigenvalue weighted by molar-refractivity contribution is 0.244. The lowest BCUT2D eigenvalue weighted by atomic mass is 10.2. The monoisotopic (exact) mass is 367 g/mol. The van der Waals surface area contributed by atoms with Gasteiger partial charge < -0.3 is 15.5 Å². The van der Waals surface area contributed by atoms with Gasteiger partial charge in [0.2, 0.25) is 0 Å². The Kier molecular flexibility index (Phi) is 5.98. The Labute approximate surface area is 146 Å². The normalized spacial score (nSPS) is 12.8. The number of hydrogen-bond acceptors (Lipinski definition) is 5. The lowest BCUT2D eigenvalue weighted by Gasteiger charge is -2.23. The van der Waals surface area contributed by atoms with E-state index in [9.17, 15) is 13.2 Å². The maximum Gasteiger partial charge on any atom is 0.319 e. The topological polar surface area (TPSA) is 78.5 Å². The minimum Gasteiger partial charge on any atom is -0.336 e. The molecule has 0 aliphatic rings. The van der Waals surface area contributed by atoms with E-state index in [1.807, 2.05) is 36.5 Å². The van der Waals surface area contributed by atoms with Crippen molar-refractivity contribution in [1.82, 2.24) is 10.2 Å². The van der Waals surface area contributed by atoms with Crippen LogP contribution < -0.4 is 10.6 Å². The molecule has 6 nitrogen and oxygen atoms in total. The Morgan fingerprint density at radius 2 is 2.00 bits per heavy atom. The summed E-state index contributed by atoms with van der Waals surface area (Å²) in [5.74, 6) is 0. The summed E-state index contributed by atoms with van der Waals surface area (Å²) >= 11 is 1.64. The molecule has 24 heavy (non-hydrogen) atoms. The molecule has 1 atom stereocenters. The maximum atomic E-state index is 12.1. The van der Waals surface area contributed by atoms with Crippen LogP contribution in [0, 0.1) is 0 Å². The highest BCUT2D eigenvalue weighted by Crippen LogP contribution is 2.22. The number of likely N-dealkylation sites (N-methyl/N-ethyl adjacent to an activating group) is 1. The predicted molar refractivity (Wildman–Crippen MR) is 97.3 cm³/mol. The van der Waals surface area contributed by atoms with Gasteiger partial charge in [-0.1, -0.05) is 12.1 Å². The van der Waals surface area contributed by atoms with Crippen molar-refractivity contribution in [2.24, 2.45) is 0 Å². The van der Waals surface area contributed by atoms with Crippen molar-refractivity contribution in [3.05, 3.63) is 46.7 Å². The van der Waals surface area contributed by atoms with E-state index in [1.54, 1.807) is 23.5 Å². The van der Waals surface area contributed by atoms with Gasteiger partial charge in [0.05, 0.1) is 10.9 Å². The van der Waals surface area contributed by atoms with Gasteiger partial charge in [0, 0.05) is 23.4 Å². The first kappa shape index (κ1) is 18.4. The molecule has 2 rings (SSSR count). The van der Waals surface area contributed by atoms with Crippen molar-refractivity contribution in [2.75, 3.05) is 32.2 Å². The van der Waals surface area contributed by atoms with E-state index in [4.69, 9.17) is 0 Å². The van der Waals surface area contributed by atoms with Crippen LogP contribution in [0.1, 0.15) is 10.9 Å². The molecule has 0 aliphatic carbocycles. The number of anilines is 1. The van der Waals surface area contributed by atoms with E-state index >= 15 is 0 Å². The summed E-state index contributed by atoms with van der Waals surface area (Å²) in [7, 11) is 0.611. The number of nitrogens with zero attached hydrogens (tertiary/aromatic N) is 1. The number of amides is 2. The smallest absolute Gasteiger partial charge is 0.319 e. The van der Waals surface area contributed by atoms with Crippen molar-refractivity contribution in [1.29, 1.82) is 0 Å². The van der Waals surface area contributed by atoms with Crippen molar-refractivity contribution in [2.45, 2.75) is 10.9 Å². The third-order valence-electron chi connectivity index (χ3n) is 3.47. The molecule has 1 aromatic carbocycles. The molecule has 2 amide bonds. The van der Waals surface area contributed by atoms with Crippen LogP contribution in [0.5, 0.6) is 0 Å². The van der Waals surface area contributed by atoms with Gasteiger partial charge in [0.15, 0.2) is 9.84 Å². The maximum absolute atomic E-state index is 12.1. The van der Waals surface area contributed by atoms with Crippen LogP contribution in [-0.4, -0.2) is 46.2 Å². The van der Waals surface area contributed by atoms with Crippen molar-refractivity contribution in [3.8, 4) is 0 Å². The van der Waals surface area contributed by atoms with Gasteiger partial charge >= 0.3 is 6.03 Å². The summed E-state index contributed by atoms with van der Waals surface area (Å²) in [6.07, 6.45) is 1.13. The fraction of sp³-hybridized carbons (Fsp3) is 0.312. The number of sulfone groups is 1. The average molecular weight is 367 g/mol. The Balaban J connectivity index is 1.98. The van der Waals surface area contributed by atoms with E-state index < -0.39 is 9.84 Å². The summed E-state index contributed by atoms with van der Waals surface area (Å²) in [4.78, 5) is 15.5. The highest BCUT2D eigenvalue weighted by molar-refractivity contribution is 7.90. The molecule has 1 heterocycles. The average Bonchev–Trinajstić information content (AvgIpc) is 3.00. The summed E-state index contributed by atoms with van der Waals surface area (Å²) in [5.41, 5.74) is 0.438. The molecule has 8 heteroatoms. The first-order valence-corrected chi connectivity index (χ1v) is 10.1. The van der Waals surface area contributed by atoms with Gasteiger partial charge in [0.25, 0.3) is 0 Å². The van der Waals surface area contributed by atoms with Crippen LogP contribution in [0.25, 0.3) is 0 Å². The zero-order chi connectivity index (χ0) is 17.7. The molecule has 0 saturated carbocycles. The van der Waals surface area contributed by atoms with Crippen LogP contribution in [0.15, 0.2) is 46.7 Å². The Morgan fingerprint density at radius 1 is 1.25 bits per heavy atom. The van der Waals surface area contributed by atoms with Crippen LogP contribution in [0.4, 0.5) is 10.5 Å². The van der Waals surface area contributed by atoms with Crippen LogP contribution in [-0.2, 0) is 9.84 Å². The van der Waals surface area contributed by atoms with Gasteiger partial charge in [-0.05, 0) is 43.7 Å². The summed E-state index contributed by atoms with van der Waals surface area (Å²) < 4.78 is 23.1. The van der Waals surface area contributed by atoms with Gasteiger partial charge in [0.1, 0.15) is 0 Å². The number of rotatable bonds is 6. The van der Waals surface area contributed by atoms with E-state index in [0.29, 0.717) is 12.2 Å². The van der Waals surface area contributed by atoms with Gasteiger partial charge in [-0.25, -0.2) is 13.2 Å². The van der Waals surface area contributed by atoms with Crippen molar-refractivity contribution < 1.29 is 13.2 Å². The fourth-order valence-corrected chi connectivity index (χ4v) is 3.78. The highest BCUT2D eigenvalue weighted by Gasteiger charge is 2.16. The third-order valence-corrected chi connectivity index (χ3v) is 5.55. The minimum atomic E-state index is -3.30. The van der Waals surface area contributed by atoms with Gasteiger partial charge in [-0.15, -0.1) is 11.3 Å². The second kappa shape index (κ2) is 7.78. The number of urea groups is 1. The zero-order valence-corrected chi connectivity index (χ0v) is 15.4. The lowest BCUT2D eigenvalue weighted by Crippen LogP contribution is -2.36. The highest BCUT2D eigenvalue weighted by atomic mass is 32.2. The Hall–Kier alpha value is -1.90. The number of benzene rings is 1. The second-order valence-corrected chi connectivity index (χ2v) is 8.62. The van der Waals surface area contributed by atoms with Gasteiger partial charge in [-0.2, -0.15) is 0 Å². The largest absolute Gasteiger partial charge is 0.336 e. The standard InChI is InChI=1S/C16H21N3O3S2/c1-19(2)14(15-8-5-9-23-15)11-17-16(20)18-12-6-4-7-13(10-12)24(3,21)22/h4-10,14H,11H2,1-3H3,(H2,17,18,20). The molecule has 1 aromatic heterocycles. The number of thiophene rings is 1. The second-order valence-electron chi connectivity index (χ2n) is 5.63. The Bertz CT molecular complexity index is 787. The first-order valence-electron chi connectivity index (χ1n) is 7.32. The predicted octanol–water partition coefficient (Wildman–Crippen LogP) is 2.58.